The van der Waals surface area contributed by atoms with Gasteiger partial charge >= 0.3 is 0 Å². The third-order valence-electron chi connectivity index (χ3n) is 3.72. The third-order valence-corrected chi connectivity index (χ3v) is 4.09. The zero-order chi connectivity index (χ0) is 19.1. The van der Waals surface area contributed by atoms with Gasteiger partial charge < -0.3 is 9.84 Å². The van der Waals surface area contributed by atoms with Crippen LogP contribution >= 0.6 is 11.6 Å². The number of ether oxygens (including phenoxy) is 1. The van der Waals surface area contributed by atoms with Crippen molar-refractivity contribution < 1.29 is 14.6 Å². The molecule has 2 N–H and O–H groups in total. The number of halogens is 1. The van der Waals surface area contributed by atoms with Crippen LogP contribution in [0, 0.1) is 0 Å². The van der Waals surface area contributed by atoms with E-state index in [4.69, 9.17) is 16.3 Å². The number of hydrazone groups is 1. The number of nitrogens with one attached hydrogen (secondary N) is 1. The molecule has 6 heteroatoms. The summed E-state index contributed by atoms with van der Waals surface area (Å²) in [5, 5.41) is 14.0. The van der Waals surface area contributed by atoms with Gasteiger partial charge in [0, 0.05) is 10.6 Å². The topological polar surface area (TPSA) is 70.9 Å². The first kappa shape index (κ1) is 18.5. The first-order chi connectivity index (χ1) is 13.1. The number of aromatic hydroxyl groups is 1. The fraction of sp³-hybridized carbons (Fsp3) is 0.0476. The molecule has 0 aliphatic rings. The Bertz CT molecular complexity index is 973. The molecule has 0 aliphatic heterocycles. The average Bonchev–Trinajstić information content (AvgIpc) is 2.67. The van der Waals surface area contributed by atoms with Crippen molar-refractivity contribution in [1.29, 1.82) is 0 Å². The molecular weight excluding hydrogens is 364 g/mol. The van der Waals surface area contributed by atoms with Crippen molar-refractivity contribution in [3.05, 3.63) is 94.5 Å². The maximum absolute atomic E-state index is 12.4. The monoisotopic (exact) mass is 380 g/mol. The number of amides is 1. The summed E-state index contributed by atoms with van der Waals surface area (Å²) in [5.41, 5.74) is 4.31. The Labute approximate surface area is 161 Å². The van der Waals surface area contributed by atoms with E-state index in [-0.39, 0.29) is 12.4 Å². The number of carbonyl (C=O) groups is 1. The molecule has 3 aromatic carbocycles. The first-order valence-corrected chi connectivity index (χ1v) is 8.59. The summed E-state index contributed by atoms with van der Waals surface area (Å²) in [6.07, 6.45) is 1.45. The van der Waals surface area contributed by atoms with Crippen molar-refractivity contribution >= 4 is 23.7 Å². The second-order valence-corrected chi connectivity index (χ2v) is 6.08. The highest BCUT2D eigenvalue weighted by molar-refractivity contribution is 6.31. The average molecular weight is 381 g/mol. The van der Waals surface area contributed by atoms with Gasteiger partial charge in [0.1, 0.15) is 18.1 Å². The molecule has 27 heavy (non-hydrogen) atoms. The third kappa shape index (κ3) is 5.09. The summed E-state index contributed by atoms with van der Waals surface area (Å²) in [6, 6.07) is 20.8. The number of hydrogen-bond donors (Lipinski definition) is 2. The van der Waals surface area contributed by atoms with Crippen molar-refractivity contribution in [3.63, 3.8) is 0 Å². The molecule has 0 radical (unpaired) electrons. The van der Waals surface area contributed by atoms with Gasteiger partial charge in [0.15, 0.2) is 0 Å². The summed E-state index contributed by atoms with van der Waals surface area (Å²) < 4.78 is 5.78. The largest absolute Gasteiger partial charge is 0.508 e. The van der Waals surface area contributed by atoms with E-state index in [0.717, 1.165) is 5.56 Å². The molecule has 3 aromatic rings. The lowest BCUT2D eigenvalue weighted by atomic mass is 10.2. The minimum Gasteiger partial charge on any atom is -0.508 e. The lowest BCUT2D eigenvalue weighted by Crippen LogP contribution is -2.18. The molecule has 0 aromatic heterocycles. The lowest BCUT2D eigenvalue weighted by molar-refractivity contribution is 0.0950. The van der Waals surface area contributed by atoms with Crippen molar-refractivity contribution in [2.45, 2.75) is 6.61 Å². The number of carbonyl (C=O) groups excluding carboxylic acids is 1. The lowest BCUT2D eigenvalue weighted by Gasteiger charge is -2.11. The van der Waals surface area contributed by atoms with Gasteiger partial charge in [-0.25, -0.2) is 5.43 Å². The van der Waals surface area contributed by atoms with Crippen LogP contribution in [0.1, 0.15) is 21.5 Å². The zero-order valence-corrected chi connectivity index (χ0v) is 15.1. The highest BCUT2D eigenvalue weighted by atomic mass is 35.5. The normalized spacial score (nSPS) is 10.7. The van der Waals surface area contributed by atoms with Crippen LogP contribution in [-0.4, -0.2) is 17.2 Å². The number of benzene rings is 3. The van der Waals surface area contributed by atoms with Crippen LogP contribution in [0.25, 0.3) is 0 Å². The predicted octanol–water partition coefficient (Wildman–Crippen LogP) is 4.39. The van der Waals surface area contributed by atoms with Gasteiger partial charge in [0.05, 0.1) is 11.8 Å². The number of phenolic OH excluding ortho intramolecular Hbond substituents is 1. The Kier molecular flexibility index (Phi) is 6.07. The maximum atomic E-state index is 12.4. The smallest absolute Gasteiger partial charge is 0.275 e. The summed E-state index contributed by atoms with van der Waals surface area (Å²) in [5.74, 6) is 0.159. The van der Waals surface area contributed by atoms with Gasteiger partial charge in [-0.15, -0.1) is 0 Å². The van der Waals surface area contributed by atoms with E-state index in [1.807, 2.05) is 18.2 Å². The fourth-order valence-electron chi connectivity index (χ4n) is 2.38. The van der Waals surface area contributed by atoms with Gasteiger partial charge in [-0.1, -0.05) is 54.1 Å². The summed E-state index contributed by atoms with van der Waals surface area (Å²) in [7, 11) is 0. The minimum atomic E-state index is -0.402. The Morgan fingerprint density at radius 2 is 1.85 bits per heavy atom. The van der Waals surface area contributed by atoms with Crippen molar-refractivity contribution in [3.8, 4) is 11.5 Å². The Hall–Kier alpha value is -3.31. The van der Waals surface area contributed by atoms with E-state index in [2.05, 4.69) is 10.5 Å². The molecule has 0 fully saturated rings. The first-order valence-electron chi connectivity index (χ1n) is 8.21. The molecular formula is C21H17ClN2O3. The second kappa shape index (κ2) is 8.87. The predicted molar refractivity (Wildman–Crippen MR) is 105 cm³/mol. The fourth-order valence-corrected chi connectivity index (χ4v) is 2.57. The molecule has 0 heterocycles. The van der Waals surface area contributed by atoms with E-state index in [1.165, 1.54) is 12.3 Å². The Balaban J connectivity index is 1.67. The SMILES string of the molecule is O=C(N/N=C/c1cccc(O)c1)c1ccccc1OCc1ccccc1Cl. The van der Waals surface area contributed by atoms with Gasteiger partial charge in [-0.3, -0.25) is 4.79 Å². The summed E-state index contributed by atoms with van der Waals surface area (Å²) >= 11 is 6.13. The van der Waals surface area contributed by atoms with Crippen molar-refractivity contribution in [2.24, 2.45) is 5.10 Å². The molecule has 136 valence electrons. The molecule has 3 rings (SSSR count). The molecule has 1 amide bonds. The molecule has 0 atom stereocenters. The standard InChI is InChI=1S/C21H17ClN2O3/c22-19-10-3-1-7-16(19)14-27-20-11-4-2-9-18(20)21(26)24-23-13-15-6-5-8-17(25)12-15/h1-13,25H,14H2,(H,24,26)/b23-13+. The number of nitrogens with zero attached hydrogens (tertiary/aromatic N) is 1. The molecule has 0 saturated carbocycles. The summed E-state index contributed by atoms with van der Waals surface area (Å²) in [4.78, 5) is 12.4. The molecule has 0 aliphatic carbocycles. The second-order valence-electron chi connectivity index (χ2n) is 5.67. The van der Waals surface area contributed by atoms with Crippen LogP contribution < -0.4 is 10.2 Å². The molecule has 0 unspecified atom stereocenters. The molecule has 0 spiro atoms. The van der Waals surface area contributed by atoms with Crippen molar-refractivity contribution in [1.82, 2.24) is 5.43 Å². The minimum absolute atomic E-state index is 0.128. The Morgan fingerprint density at radius 1 is 1.07 bits per heavy atom. The van der Waals surface area contributed by atoms with E-state index >= 15 is 0 Å². The maximum Gasteiger partial charge on any atom is 0.275 e. The van der Waals surface area contributed by atoms with E-state index < -0.39 is 5.91 Å². The van der Waals surface area contributed by atoms with Gasteiger partial charge in [0.2, 0.25) is 0 Å². The van der Waals surface area contributed by atoms with Crippen LogP contribution in [-0.2, 0) is 6.61 Å². The summed E-state index contributed by atoms with van der Waals surface area (Å²) in [6.45, 7) is 0.247. The van der Waals surface area contributed by atoms with Crippen LogP contribution in [0.4, 0.5) is 0 Å². The van der Waals surface area contributed by atoms with Crippen LogP contribution in [0.5, 0.6) is 11.5 Å². The Morgan fingerprint density at radius 3 is 2.67 bits per heavy atom. The zero-order valence-electron chi connectivity index (χ0n) is 14.3. The number of para-hydroxylation sites is 1. The number of phenols is 1. The van der Waals surface area contributed by atoms with Gasteiger partial charge in [0.25, 0.3) is 5.91 Å². The van der Waals surface area contributed by atoms with Gasteiger partial charge in [-0.05, 0) is 35.9 Å². The highest BCUT2D eigenvalue weighted by Gasteiger charge is 2.12. The number of rotatable bonds is 6. The number of hydrogen-bond acceptors (Lipinski definition) is 4. The molecule has 0 bridgehead atoms. The molecule has 5 nitrogen and oxygen atoms in total. The van der Waals surface area contributed by atoms with Gasteiger partial charge in [-0.2, -0.15) is 5.10 Å². The van der Waals surface area contributed by atoms with E-state index in [0.29, 0.717) is 21.9 Å². The quantitative estimate of drug-likeness (QED) is 0.492. The van der Waals surface area contributed by atoms with Crippen LogP contribution in [0.2, 0.25) is 5.02 Å². The van der Waals surface area contributed by atoms with Crippen LogP contribution in [0.3, 0.4) is 0 Å². The molecule has 0 saturated heterocycles. The van der Waals surface area contributed by atoms with E-state index in [1.54, 1.807) is 48.5 Å². The van der Waals surface area contributed by atoms with E-state index in [9.17, 15) is 9.90 Å². The highest BCUT2D eigenvalue weighted by Crippen LogP contribution is 2.22. The van der Waals surface area contributed by atoms with Crippen LogP contribution in [0.15, 0.2) is 77.9 Å². The van der Waals surface area contributed by atoms with Crippen molar-refractivity contribution in [2.75, 3.05) is 0 Å².